The number of rotatable bonds is 6. The van der Waals surface area contributed by atoms with Crippen LogP contribution in [-0.4, -0.2) is 59.7 Å². The highest BCUT2D eigenvalue weighted by molar-refractivity contribution is 5.94. The highest BCUT2D eigenvalue weighted by Gasteiger charge is 2.29. The monoisotopic (exact) mass is 509 g/mol. The summed E-state index contributed by atoms with van der Waals surface area (Å²) in [5.74, 6) is -1.06. The van der Waals surface area contributed by atoms with E-state index in [1.54, 1.807) is 0 Å². The van der Waals surface area contributed by atoms with Crippen molar-refractivity contribution >= 4 is 22.8 Å². The number of carbonyl (C=O) groups is 2. The second-order valence-corrected chi connectivity index (χ2v) is 9.66. The van der Waals surface area contributed by atoms with Gasteiger partial charge in [0.05, 0.1) is 31.4 Å². The first-order valence-corrected chi connectivity index (χ1v) is 12.7. The van der Waals surface area contributed by atoms with Crippen LogP contribution in [0.2, 0.25) is 0 Å². The minimum Gasteiger partial charge on any atom is -0.379 e. The fourth-order valence-corrected chi connectivity index (χ4v) is 5.28. The molecule has 1 aliphatic heterocycles. The number of H-pyrrole nitrogens is 1. The fourth-order valence-electron chi connectivity index (χ4n) is 5.28. The lowest BCUT2D eigenvalue weighted by atomic mass is 9.85. The van der Waals surface area contributed by atoms with Gasteiger partial charge in [-0.1, -0.05) is 6.07 Å². The number of aromatic nitrogens is 2. The number of hydroxylamine groups is 1. The third-order valence-electron chi connectivity index (χ3n) is 7.24. The van der Waals surface area contributed by atoms with Crippen molar-refractivity contribution in [3.8, 4) is 0 Å². The lowest BCUT2D eigenvalue weighted by Crippen LogP contribution is -2.35. The first-order chi connectivity index (χ1) is 18.0. The van der Waals surface area contributed by atoms with Gasteiger partial charge in [-0.2, -0.15) is 4.99 Å². The third kappa shape index (κ3) is 5.82. The zero-order valence-corrected chi connectivity index (χ0v) is 20.9. The summed E-state index contributed by atoms with van der Waals surface area (Å²) >= 11 is 0. The molecule has 0 spiro atoms. The van der Waals surface area contributed by atoms with E-state index in [1.807, 2.05) is 6.07 Å². The largest absolute Gasteiger partial charge is 0.379 e. The quantitative estimate of drug-likeness (QED) is 0.498. The predicted octanol–water partition coefficient (Wildman–Crippen LogP) is 3.09. The Morgan fingerprint density at radius 3 is 2.54 bits per heavy atom. The van der Waals surface area contributed by atoms with E-state index in [0.29, 0.717) is 24.0 Å². The molecule has 2 N–H and O–H groups in total. The minimum atomic E-state index is -0.443. The van der Waals surface area contributed by atoms with Crippen LogP contribution in [0.5, 0.6) is 0 Å². The van der Waals surface area contributed by atoms with Gasteiger partial charge in [-0.25, -0.2) is 9.87 Å². The van der Waals surface area contributed by atoms with Crippen molar-refractivity contribution in [3.05, 3.63) is 65.0 Å². The Bertz CT molecular complexity index is 1320. The van der Waals surface area contributed by atoms with E-state index in [1.165, 1.54) is 36.9 Å². The smallest absolute Gasteiger partial charge is 0.280 e. The molecule has 196 valence electrons. The molecule has 2 aromatic carbocycles. The van der Waals surface area contributed by atoms with E-state index in [0.717, 1.165) is 56.7 Å². The van der Waals surface area contributed by atoms with Crippen LogP contribution < -0.4 is 11.1 Å². The summed E-state index contributed by atoms with van der Waals surface area (Å²) in [7, 11) is 1.44. The van der Waals surface area contributed by atoms with Crippen molar-refractivity contribution < 1.29 is 23.6 Å². The Labute approximate surface area is 214 Å². The summed E-state index contributed by atoms with van der Waals surface area (Å²) in [6.45, 7) is 4.08. The number of morpholine rings is 1. The molecule has 1 aromatic heterocycles. The summed E-state index contributed by atoms with van der Waals surface area (Å²) in [6.07, 6.45) is 2.94. The van der Waals surface area contributed by atoms with Crippen LogP contribution in [0.15, 0.2) is 47.5 Å². The average molecular weight is 510 g/mol. The number of fused-ring (bicyclic) bond motifs is 1. The second-order valence-electron chi connectivity index (χ2n) is 9.66. The van der Waals surface area contributed by atoms with Crippen LogP contribution in [0.4, 0.5) is 4.39 Å². The molecule has 3 aromatic rings. The molecule has 9 nitrogen and oxygen atoms in total. The van der Waals surface area contributed by atoms with Gasteiger partial charge in [-0.15, -0.1) is 0 Å². The van der Waals surface area contributed by atoms with Crippen LogP contribution in [0.1, 0.15) is 47.6 Å². The maximum atomic E-state index is 13.4. The topological polar surface area (TPSA) is 101 Å². The molecule has 2 fully saturated rings. The molecule has 0 radical (unpaired) electrons. The fraction of sp³-hybridized carbons (Fsp3) is 0.444. The number of amides is 2. The number of aromatic amines is 1. The zero-order chi connectivity index (χ0) is 25.8. The van der Waals surface area contributed by atoms with Gasteiger partial charge in [0.1, 0.15) is 5.82 Å². The highest BCUT2D eigenvalue weighted by atomic mass is 19.1. The van der Waals surface area contributed by atoms with Crippen LogP contribution in [0.25, 0.3) is 11.0 Å². The molecule has 5 rings (SSSR count). The number of carbonyl (C=O) groups excluding carboxylic acids is 2. The molecule has 2 amide bonds. The number of imidazole rings is 1. The Hall–Kier alpha value is -3.34. The van der Waals surface area contributed by atoms with Crippen LogP contribution in [0.3, 0.4) is 0 Å². The first-order valence-electron chi connectivity index (χ1n) is 12.7. The van der Waals surface area contributed by atoms with Crippen molar-refractivity contribution in [2.75, 3.05) is 33.4 Å². The number of halogens is 1. The van der Waals surface area contributed by atoms with E-state index in [4.69, 9.17) is 9.57 Å². The number of ether oxygens (including phenoxy) is 1. The number of benzene rings is 2. The van der Waals surface area contributed by atoms with E-state index >= 15 is 0 Å². The Kier molecular flexibility index (Phi) is 7.78. The van der Waals surface area contributed by atoms with Crippen molar-refractivity contribution in [1.29, 1.82) is 0 Å². The highest BCUT2D eigenvalue weighted by Crippen LogP contribution is 2.33. The molecule has 1 saturated heterocycles. The van der Waals surface area contributed by atoms with Crippen LogP contribution in [-0.2, 0) is 20.9 Å². The van der Waals surface area contributed by atoms with E-state index < -0.39 is 11.7 Å². The van der Waals surface area contributed by atoms with Crippen LogP contribution in [0, 0.1) is 11.7 Å². The molecule has 0 unspecified atom stereocenters. The summed E-state index contributed by atoms with van der Waals surface area (Å²) in [6, 6.07) is 11.7. The Balaban J connectivity index is 1.49. The molecule has 0 atom stereocenters. The lowest BCUT2D eigenvalue weighted by molar-refractivity contribution is -0.136. The Morgan fingerprint density at radius 2 is 1.84 bits per heavy atom. The van der Waals surface area contributed by atoms with Crippen molar-refractivity contribution in [2.24, 2.45) is 10.9 Å². The van der Waals surface area contributed by atoms with Crippen molar-refractivity contribution in [2.45, 2.75) is 38.3 Å². The summed E-state index contributed by atoms with van der Waals surface area (Å²) in [5.41, 5.74) is 6.25. The summed E-state index contributed by atoms with van der Waals surface area (Å²) in [4.78, 5) is 40.2. The summed E-state index contributed by atoms with van der Waals surface area (Å²) < 4.78 is 20.9. The van der Waals surface area contributed by atoms with Gasteiger partial charge in [-0.05, 0) is 67.6 Å². The Morgan fingerprint density at radius 1 is 1.11 bits per heavy atom. The number of hydrogen-bond donors (Lipinski definition) is 2. The molecule has 37 heavy (non-hydrogen) atoms. The maximum absolute atomic E-state index is 13.4. The molecule has 2 aliphatic rings. The molecule has 1 aliphatic carbocycles. The standard InChI is InChI=1S/C27H32FN5O4/c1-36-31-26(35)20-5-9-22(10-6-20)33-24-16-18(17-32-12-14-37-15-13-32)2-11-23(24)29-27(33)30-25(34)19-3-7-21(28)8-4-19/h2-4,7-8,11,16,20,22H,5-6,9-10,12-15,17H2,1H3,(H,31,35)(H,29,30,34)/t20-,22+. The third-order valence-corrected chi connectivity index (χ3v) is 7.24. The SMILES string of the molecule is CONC(=O)[C@H]1CC[C@@H](n2/c(=N/C(=O)c3ccc(F)cc3)[nH]c3ccc(CN4CCOCC4)cc32)CC1. The molecule has 2 heterocycles. The van der Waals surface area contributed by atoms with E-state index in [-0.39, 0.29) is 17.9 Å². The first kappa shape index (κ1) is 25.3. The van der Waals surface area contributed by atoms with Gasteiger partial charge in [0.25, 0.3) is 5.91 Å². The van der Waals surface area contributed by atoms with Gasteiger partial charge in [0, 0.05) is 37.2 Å². The van der Waals surface area contributed by atoms with Gasteiger partial charge in [0.15, 0.2) is 0 Å². The predicted molar refractivity (Wildman–Crippen MR) is 135 cm³/mol. The average Bonchev–Trinajstić information content (AvgIpc) is 3.27. The number of nitrogens with zero attached hydrogens (tertiary/aromatic N) is 3. The van der Waals surface area contributed by atoms with Gasteiger partial charge in [0.2, 0.25) is 11.5 Å². The van der Waals surface area contributed by atoms with E-state index in [2.05, 4.69) is 37.1 Å². The van der Waals surface area contributed by atoms with Crippen molar-refractivity contribution in [3.63, 3.8) is 0 Å². The van der Waals surface area contributed by atoms with Gasteiger partial charge in [-0.3, -0.25) is 19.3 Å². The molecular formula is C27H32FN5O4. The van der Waals surface area contributed by atoms with Gasteiger partial charge >= 0.3 is 0 Å². The molecule has 10 heteroatoms. The number of nitrogens with one attached hydrogen (secondary N) is 2. The second kappa shape index (κ2) is 11.4. The minimum absolute atomic E-state index is 0.0683. The number of hydrogen-bond acceptors (Lipinski definition) is 5. The maximum Gasteiger partial charge on any atom is 0.280 e. The lowest BCUT2D eigenvalue weighted by Gasteiger charge is -2.29. The molecule has 1 saturated carbocycles. The zero-order valence-electron chi connectivity index (χ0n) is 20.9. The summed E-state index contributed by atoms with van der Waals surface area (Å²) in [5, 5.41) is 0. The van der Waals surface area contributed by atoms with Crippen LogP contribution >= 0.6 is 0 Å². The van der Waals surface area contributed by atoms with Crippen molar-refractivity contribution in [1.82, 2.24) is 19.9 Å². The van der Waals surface area contributed by atoms with Gasteiger partial charge < -0.3 is 14.3 Å². The molecular weight excluding hydrogens is 477 g/mol. The van der Waals surface area contributed by atoms with E-state index in [9.17, 15) is 14.0 Å². The molecule has 0 bridgehead atoms. The normalized spacial score (nSPS) is 21.3.